The summed E-state index contributed by atoms with van der Waals surface area (Å²) in [5, 5.41) is 16.2. The predicted octanol–water partition coefficient (Wildman–Crippen LogP) is 2.50. The first-order valence-corrected chi connectivity index (χ1v) is 8.21. The van der Waals surface area contributed by atoms with E-state index in [-0.39, 0.29) is 17.5 Å². The zero-order valence-corrected chi connectivity index (χ0v) is 13.6. The van der Waals surface area contributed by atoms with Crippen LogP contribution >= 0.6 is 11.3 Å². The average molecular weight is 346 g/mol. The number of aliphatic hydroxyl groups excluding tert-OH is 1. The van der Waals surface area contributed by atoms with Gasteiger partial charge >= 0.3 is 0 Å². The second-order valence-corrected chi connectivity index (χ2v) is 6.24. The van der Waals surface area contributed by atoms with E-state index in [1.165, 1.54) is 23.6 Å². The molecule has 3 rings (SSSR count). The third kappa shape index (κ3) is 3.08. The number of carbonyl (C=O) groups excluding carboxylic acids is 1. The van der Waals surface area contributed by atoms with E-state index in [9.17, 15) is 19.1 Å². The summed E-state index contributed by atoms with van der Waals surface area (Å²) in [5.74, 6) is -1.15. The second kappa shape index (κ2) is 6.54. The highest BCUT2D eigenvalue weighted by atomic mass is 32.1. The van der Waals surface area contributed by atoms with E-state index in [1.807, 2.05) is 5.38 Å². The van der Waals surface area contributed by atoms with Crippen molar-refractivity contribution < 1.29 is 14.3 Å². The summed E-state index contributed by atoms with van der Waals surface area (Å²) in [5.41, 5.74) is 1.11. The van der Waals surface area contributed by atoms with Gasteiger partial charge in [-0.05, 0) is 47.0 Å². The molecule has 2 heterocycles. The standard InChI is InChI=1S/C17H15FN2O3S/c1-9-4-11(18)5-12-15(9)19-6-13(16(12)22)17(23)20-7-14(21)10-2-3-24-8-10/h2-6,8,14,21H,7H2,1H3,(H,19,22)(H,20,23). The van der Waals surface area contributed by atoms with Crippen LogP contribution in [0.25, 0.3) is 10.9 Å². The molecule has 0 bridgehead atoms. The van der Waals surface area contributed by atoms with Gasteiger partial charge in [-0.25, -0.2) is 4.39 Å². The van der Waals surface area contributed by atoms with Gasteiger partial charge in [-0.3, -0.25) is 9.59 Å². The van der Waals surface area contributed by atoms with Gasteiger partial charge in [-0.1, -0.05) is 0 Å². The van der Waals surface area contributed by atoms with Crippen molar-refractivity contribution in [3.05, 3.63) is 67.9 Å². The number of aryl methyl sites for hydroxylation is 1. The average Bonchev–Trinajstić information content (AvgIpc) is 3.08. The van der Waals surface area contributed by atoms with Crippen molar-refractivity contribution >= 4 is 28.1 Å². The third-order valence-electron chi connectivity index (χ3n) is 3.78. The number of fused-ring (bicyclic) bond motifs is 1. The zero-order chi connectivity index (χ0) is 17.3. The first kappa shape index (κ1) is 16.4. The maximum Gasteiger partial charge on any atom is 0.256 e. The number of halogens is 1. The Balaban J connectivity index is 1.85. The Morgan fingerprint density at radius 1 is 1.46 bits per heavy atom. The molecule has 1 aromatic carbocycles. The largest absolute Gasteiger partial charge is 0.387 e. The molecule has 5 nitrogen and oxygen atoms in total. The van der Waals surface area contributed by atoms with Crippen molar-refractivity contribution in [3.63, 3.8) is 0 Å². The highest BCUT2D eigenvalue weighted by Gasteiger charge is 2.16. The molecule has 2 aromatic heterocycles. The normalized spacial score (nSPS) is 12.3. The van der Waals surface area contributed by atoms with Gasteiger partial charge in [-0.15, -0.1) is 0 Å². The fourth-order valence-corrected chi connectivity index (χ4v) is 3.21. The molecule has 3 aromatic rings. The number of benzene rings is 1. The monoisotopic (exact) mass is 346 g/mol. The molecule has 0 saturated heterocycles. The summed E-state index contributed by atoms with van der Waals surface area (Å²) < 4.78 is 13.5. The zero-order valence-electron chi connectivity index (χ0n) is 12.8. The van der Waals surface area contributed by atoms with Crippen molar-refractivity contribution in [3.8, 4) is 0 Å². The van der Waals surface area contributed by atoms with Gasteiger partial charge in [0.05, 0.1) is 11.6 Å². The molecule has 0 spiro atoms. The van der Waals surface area contributed by atoms with Crippen molar-refractivity contribution in [1.82, 2.24) is 10.3 Å². The summed E-state index contributed by atoms with van der Waals surface area (Å²) in [6.07, 6.45) is 0.460. The lowest BCUT2D eigenvalue weighted by Crippen LogP contribution is -2.32. The van der Waals surface area contributed by atoms with Gasteiger partial charge in [-0.2, -0.15) is 11.3 Å². The Morgan fingerprint density at radius 3 is 2.96 bits per heavy atom. The number of aliphatic hydroxyl groups is 1. The van der Waals surface area contributed by atoms with Gasteiger partial charge in [0.1, 0.15) is 11.4 Å². The maximum atomic E-state index is 13.5. The minimum atomic E-state index is -0.848. The molecule has 0 aliphatic rings. The molecule has 0 aliphatic carbocycles. The molecule has 0 fully saturated rings. The number of thiophene rings is 1. The quantitative estimate of drug-likeness (QED) is 0.679. The first-order valence-electron chi connectivity index (χ1n) is 7.27. The molecule has 0 saturated carbocycles. The number of aromatic nitrogens is 1. The van der Waals surface area contributed by atoms with Crippen LogP contribution in [0.3, 0.4) is 0 Å². The second-order valence-electron chi connectivity index (χ2n) is 5.46. The third-order valence-corrected chi connectivity index (χ3v) is 4.48. The van der Waals surface area contributed by atoms with Crippen LogP contribution in [-0.2, 0) is 0 Å². The van der Waals surface area contributed by atoms with Crippen LogP contribution in [0.4, 0.5) is 4.39 Å². The fourth-order valence-electron chi connectivity index (χ4n) is 2.50. The van der Waals surface area contributed by atoms with Gasteiger partial charge in [0, 0.05) is 18.1 Å². The number of amides is 1. The minimum Gasteiger partial charge on any atom is -0.387 e. The molecule has 7 heteroatoms. The van der Waals surface area contributed by atoms with E-state index in [0.29, 0.717) is 16.6 Å². The molecule has 0 aliphatic heterocycles. The van der Waals surface area contributed by atoms with Gasteiger partial charge in [0.2, 0.25) is 5.43 Å². The number of hydrogen-bond acceptors (Lipinski definition) is 4. The van der Waals surface area contributed by atoms with E-state index < -0.39 is 23.3 Å². The van der Waals surface area contributed by atoms with Crippen molar-refractivity contribution in [2.45, 2.75) is 13.0 Å². The summed E-state index contributed by atoms with van der Waals surface area (Å²) in [6, 6.07) is 4.18. The minimum absolute atomic E-state index is 0.0186. The molecular weight excluding hydrogens is 331 g/mol. The smallest absolute Gasteiger partial charge is 0.256 e. The summed E-state index contributed by atoms with van der Waals surface area (Å²) in [6.45, 7) is 1.66. The number of rotatable bonds is 4. The van der Waals surface area contributed by atoms with Gasteiger partial charge in [0.15, 0.2) is 0 Å². The molecular formula is C17H15FN2O3S. The molecule has 3 N–H and O–H groups in total. The van der Waals surface area contributed by atoms with Gasteiger partial charge in [0.25, 0.3) is 5.91 Å². The number of pyridine rings is 1. The summed E-state index contributed by atoms with van der Waals surface area (Å²) >= 11 is 1.44. The van der Waals surface area contributed by atoms with E-state index in [0.717, 1.165) is 6.07 Å². The Morgan fingerprint density at radius 2 is 2.25 bits per heavy atom. The number of aromatic amines is 1. The van der Waals surface area contributed by atoms with E-state index in [4.69, 9.17) is 0 Å². The van der Waals surface area contributed by atoms with E-state index >= 15 is 0 Å². The molecule has 0 radical (unpaired) electrons. The number of nitrogens with one attached hydrogen (secondary N) is 2. The highest BCUT2D eigenvalue weighted by molar-refractivity contribution is 7.07. The van der Waals surface area contributed by atoms with E-state index in [1.54, 1.807) is 18.4 Å². The van der Waals surface area contributed by atoms with Crippen LogP contribution in [-0.4, -0.2) is 22.5 Å². The van der Waals surface area contributed by atoms with Crippen LogP contribution < -0.4 is 10.7 Å². The van der Waals surface area contributed by atoms with Crippen molar-refractivity contribution in [2.75, 3.05) is 6.54 Å². The van der Waals surface area contributed by atoms with Crippen LogP contribution in [0.5, 0.6) is 0 Å². The van der Waals surface area contributed by atoms with Crippen LogP contribution in [0.2, 0.25) is 0 Å². The highest BCUT2D eigenvalue weighted by Crippen LogP contribution is 2.17. The molecule has 1 unspecified atom stereocenters. The molecule has 1 atom stereocenters. The predicted molar refractivity (Wildman–Crippen MR) is 90.9 cm³/mol. The lowest BCUT2D eigenvalue weighted by Gasteiger charge is -2.11. The Kier molecular flexibility index (Phi) is 4.46. The Bertz CT molecular complexity index is 950. The molecule has 1 amide bonds. The number of hydrogen-bond donors (Lipinski definition) is 3. The van der Waals surface area contributed by atoms with Gasteiger partial charge < -0.3 is 15.4 Å². The Labute approximate surface area is 140 Å². The molecule has 24 heavy (non-hydrogen) atoms. The Hall–Kier alpha value is -2.51. The summed E-state index contributed by atoms with van der Waals surface area (Å²) in [7, 11) is 0. The lowest BCUT2D eigenvalue weighted by molar-refractivity contribution is 0.0915. The van der Waals surface area contributed by atoms with Crippen LogP contribution in [0.1, 0.15) is 27.6 Å². The number of H-pyrrole nitrogens is 1. The van der Waals surface area contributed by atoms with E-state index in [2.05, 4.69) is 10.3 Å². The SMILES string of the molecule is Cc1cc(F)cc2c(=O)c(C(=O)NCC(O)c3ccsc3)c[nH]c12. The van der Waals surface area contributed by atoms with Crippen molar-refractivity contribution in [2.24, 2.45) is 0 Å². The van der Waals surface area contributed by atoms with Crippen LogP contribution in [0, 0.1) is 12.7 Å². The topological polar surface area (TPSA) is 82.2 Å². The van der Waals surface area contributed by atoms with Crippen molar-refractivity contribution in [1.29, 1.82) is 0 Å². The fraction of sp³-hybridized carbons (Fsp3) is 0.176. The maximum absolute atomic E-state index is 13.5. The first-order chi connectivity index (χ1) is 11.5. The summed E-state index contributed by atoms with van der Waals surface area (Å²) in [4.78, 5) is 27.5. The number of carbonyl (C=O) groups is 1. The molecule has 124 valence electrons. The van der Waals surface area contributed by atoms with Crippen LogP contribution in [0.15, 0.2) is 40.0 Å². The lowest BCUT2D eigenvalue weighted by atomic mass is 10.1.